The van der Waals surface area contributed by atoms with Crippen LogP contribution in [0.25, 0.3) is 0 Å². The fourth-order valence-electron chi connectivity index (χ4n) is 1.56. The molecule has 0 radical (unpaired) electrons. The van der Waals surface area contributed by atoms with Crippen molar-refractivity contribution in [3.63, 3.8) is 0 Å². The van der Waals surface area contributed by atoms with Crippen molar-refractivity contribution in [3.8, 4) is 0 Å². The highest BCUT2D eigenvalue weighted by Crippen LogP contribution is 2.02. The standard InChI is InChI=1S/C13H18N2O3/c1-15(10-4-6-13(17)18)12(16)8-7-11-5-2-3-9-14-11/h2-3,5,9H,4,6-8,10H2,1H3,(H,17,18). The number of aliphatic carboxylic acids is 1. The molecule has 18 heavy (non-hydrogen) atoms. The van der Waals surface area contributed by atoms with E-state index in [1.807, 2.05) is 18.2 Å². The Hall–Kier alpha value is -1.91. The summed E-state index contributed by atoms with van der Waals surface area (Å²) in [6.45, 7) is 0.480. The maximum Gasteiger partial charge on any atom is 0.303 e. The van der Waals surface area contributed by atoms with E-state index in [0.29, 0.717) is 25.8 Å². The van der Waals surface area contributed by atoms with Crippen LogP contribution in [0.2, 0.25) is 0 Å². The Balaban J connectivity index is 2.25. The lowest BCUT2D eigenvalue weighted by molar-refractivity contribution is -0.138. The molecule has 1 aromatic heterocycles. The van der Waals surface area contributed by atoms with E-state index in [9.17, 15) is 9.59 Å². The van der Waals surface area contributed by atoms with Crippen LogP contribution in [0, 0.1) is 0 Å². The van der Waals surface area contributed by atoms with Gasteiger partial charge in [0.15, 0.2) is 0 Å². The minimum atomic E-state index is -0.829. The van der Waals surface area contributed by atoms with Gasteiger partial charge in [0.1, 0.15) is 0 Å². The van der Waals surface area contributed by atoms with Gasteiger partial charge in [0, 0.05) is 38.3 Å². The quantitative estimate of drug-likeness (QED) is 0.792. The number of carboxylic acid groups (broad SMARTS) is 1. The summed E-state index contributed by atoms with van der Waals surface area (Å²) >= 11 is 0. The summed E-state index contributed by atoms with van der Waals surface area (Å²) in [5, 5.41) is 8.51. The second kappa shape index (κ2) is 7.42. The molecular weight excluding hydrogens is 232 g/mol. The summed E-state index contributed by atoms with van der Waals surface area (Å²) in [5.41, 5.74) is 0.893. The summed E-state index contributed by atoms with van der Waals surface area (Å²) in [7, 11) is 1.70. The van der Waals surface area contributed by atoms with Gasteiger partial charge in [-0.1, -0.05) is 6.07 Å². The molecule has 0 saturated heterocycles. The number of aromatic nitrogens is 1. The van der Waals surface area contributed by atoms with E-state index >= 15 is 0 Å². The topological polar surface area (TPSA) is 70.5 Å². The Morgan fingerprint density at radius 1 is 1.33 bits per heavy atom. The van der Waals surface area contributed by atoms with Crippen molar-refractivity contribution in [2.24, 2.45) is 0 Å². The molecule has 0 aliphatic rings. The Kier molecular flexibility index (Phi) is 5.84. The van der Waals surface area contributed by atoms with Crippen molar-refractivity contribution in [3.05, 3.63) is 30.1 Å². The van der Waals surface area contributed by atoms with Crippen LogP contribution >= 0.6 is 0 Å². The number of hydrogen-bond acceptors (Lipinski definition) is 3. The molecule has 1 aromatic rings. The lowest BCUT2D eigenvalue weighted by Gasteiger charge is -2.16. The number of rotatable bonds is 7. The van der Waals surface area contributed by atoms with Crippen LogP contribution in [0.15, 0.2) is 24.4 Å². The predicted molar refractivity (Wildman–Crippen MR) is 67.1 cm³/mol. The normalized spacial score (nSPS) is 10.1. The SMILES string of the molecule is CN(CCCC(=O)O)C(=O)CCc1ccccn1. The van der Waals surface area contributed by atoms with Gasteiger partial charge in [0.05, 0.1) is 0 Å². The zero-order valence-corrected chi connectivity index (χ0v) is 10.5. The number of carboxylic acids is 1. The van der Waals surface area contributed by atoms with Crippen LogP contribution in [0.1, 0.15) is 25.0 Å². The maximum atomic E-state index is 11.7. The third-order valence-electron chi connectivity index (χ3n) is 2.63. The van der Waals surface area contributed by atoms with E-state index < -0.39 is 5.97 Å². The van der Waals surface area contributed by atoms with Crippen molar-refractivity contribution in [2.45, 2.75) is 25.7 Å². The number of carbonyl (C=O) groups is 2. The van der Waals surface area contributed by atoms with Crippen molar-refractivity contribution in [2.75, 3.05) is 13.6 Å². The number of hydrogen-bond donors (Lipinski definition) is 1. The van der Waals surface area contributed by atoms with Gasteiger partial charge in [-0.25, -0.2) is 0 Å². The molecule has 1 rings (SSSR count). The Morgan fingerprint density at radius 3 is 2.72 bits per heavy atom. The van der Waals surface area contributed by atoms with E-state index in [-0.39, 0.29) is 12.3 Å². The first kappa shape index (κ1) is 14.2. The number of pyridine rings is 1. The molecular formula is C13H18N2O3. The first-order valence-corrected chi connectivity index (χ1v) is 5.95. The lowest BCUT2D eigenvalue weighted by atomic mass is 10.2. The molecule has 0 bridgehead atoms. The predicted octanol–water partition coefficient (Wildman–Crippen LogP) is 1.34. The van der Waals surface area contributed by atoms with Crippen molar-refractivity contribution in [1.29, 1.82) is 0 Å². The van der Waals surface area contributed by atoms with Gasteiger partial charge >= 0.3 is 5.97 Å². The van der Waals surface area contributed by atoms with Crippen LogP contribution in [0.4, 0.5) is 0 Å². The third kappa shape index (κ3) is 5.43. The second-order valence-corrected chi connectivity index (χ2v) is 4.13. The molecule has 0 aliphatic carbocycles. The van der Waals surface area contributed by atoms with Crippen LogP contribution in [-0.2, 0) is 16.0 Å². The van der Waals surface area contributed by atoms with E-state index in [4.69, 9.17) is 5.11 Å². The Labute approximate surface area is 106 Å². The molecule has 0 atom stereocenters. The minimum absolute atomic E-state index is 0.0195. The number of carbonyl (C=O) groups excluding carboxylic acids is 1. The molecule has 5 nitrogen and oxygen atoms in total. The average molecular weight is 250 g/mol. The van der Waals surface area contributed by atoms with E-state index in [1.54, 1.807) is 18.1 Å². The van der Waals surface area contributed by atoms with Gasteiger partial charge in [0.25, 0.3) is 0 Å². The van der Waals surface area contributed by atoms with E-state index in [1.165, 1.54) is 0 Å². The summed E-state index contributed by atoms with van der Waals surface area (Å²) in [4.78, 5) is 27.8. The summed E-state index contributed by atoms with van der Waals surface area (Å²) in [6.07, 6.45) is 3.30. The Bertz CT molecular complexity index is 392. The molecule has 0 aliphatic heterocycles. The average Bonchev–Trinajstić information content (AvgIpc) is 2.36. The largest absolute Gasteiger partial charge is 0.481 e. The summed E-state index contributed by atoms with van der Waals surface area (Å²) in [6, 6.07) is 5.62. The van der Waals surface area contributed by atoms with E-state index in [2.05, 4.69) is 4.98 Å². The fraction of sp³-hybridized carbons (Fsp3) is 0.462. The first-order chi connectivity index (χ1) is 8.59. The highest BCUT2D eigenvalue weighted by atomic mass is 16.4. The number of amides is 1. The molecule has 0 unspecified atom stereocenters. The van der Waals surface area contributed by atoms with Crippen LogP contribution in [0.5, 0.6) is 0 Å². The summed E-state index contributed by atoms with van der Waals surface area (Å²) < 4.78 is 0. The number of nitrogens with zero attached hydrogens (tertiary/aromatic N) is 2. The van der Waals surface area contributed by atoms with Crippen LogP contribution < -0.4 is 0 Å². The highest BCUT2D eigenvalue weighted by Gasteiger charge is 2.09. The maximum absolute atomic E-state index is 11.7. The first-order valence-electron chi connectivity index (χ1n) is 5.95. The fourth-order valence-corrected chi connectivity index (χ4v) is 1.56. The van der Waals surface area contributed by atoms with Gasteiger partial charge < -0.3 is 10.0 Å². The minimum Gasteiger partial charge on any atom is -0.481 e. The molecule has 0 saturated carbocycles. The van der Waals surface area contributed by atoms with Crippen molar-refractivity contribution in [1.82, 2.24) is 9.88 Å². The molecule has 0 fully saturated rings. The molecule has 1 amide bonds. The molecule has 0 spiro atoms. The van der Waals surface area contributed by atoms with Gasteiger partial charge in [-0.15, -0.1) is 0 Å². The molecule has 98 valence electrons. The van der Waals surface area contributed by atoms with Gasteiger partial charge in [-0.05, 0) is 25.0 Å². The Morgan fingerprint density at radius 2 is 2.11 bits per heavy atom. The second-order valence-electron chi connectivity index (χ2n) is 4.13. The lowest BCUT2D eigenvalue weighted by Crippen LogP contribution is -2.28. The highest BCUT2D eigenvalue weighted by molar-refractivity contribution is 5.76. The molecule has 1 heterocycles. The van der Waals surface area contributed by atoms with Gasteiger partial charge in [-0.3, -0.25) is 14.6 Å². The van der Waals surface area contributed by atoms with Gasteiger partial charge in [0.2, 0.25) is 5.91 Å². The number of aryl methyl sites for hydroxylation is 1. The zero-order chi connectivity index (χ0) is 13.4. The van der Waals surface area contributed by atoms with E-state index in [0.717, 1.165) is 5.69 Å². The zero-order valence-electron chi connectivity index (χ0n) is 10.5. The molecule has 5 heteroatoms. The van der Waals surface area contributed by atoms with Crippen LogP contribution in [-0.4, -0.2) is 40.5 Å². The molecule has 0 aromatic carbocycles. The van der Waals surface area contributed by atoms with Crippen molar-refractivity contribution >= 4 is 11.9 Å². The van der Waals surface area contributed by atoms with Crippen molar-refractivity contribution < 1.29 is 14.7 Å². The van der Waals surface area contributed by atoms with Gasteiger partial charge in [-0.2, -0.15) is 0 Å². The molecule has 1 N–H and O–H groups in total. The third-order valence-corrected chi connectivity index (χ3v) is 2.63. The summed E-state index contributed by atoms with van der Waals surface area (Å²) in [5.74, 6) is -0.810. The smallest absolute Gasteiger partial charge is 0.303 e. The monoisotopic (exact) mass is 250 g/mol. The van der Waals surface area contributed by atoms with Crippen LogP contribution in [0.3, 0.4) is 0 Å².